The van der Waals surface area contributed by atoms with Crippen molar-refractivity contribution in [3.05, 3.63) is 12.2 Å². The second-order valence-electron chi connectivity index (χ2n) is 4.89. The highest BCUT2D eigenvalue weighted by molar-refractivity contribution is 5.81. The molecule has 0 aromatic carbocycles. The van der Waals surface area contributed by atoms with Crippen LogP contribution in [0, 0.1) is 5.92 Å². The van der Waals surface area contributed by atoms with Crippen LogP contribution in [0.25, 0.3) is 0 Å². The predicted molar refractivity (Wildman–Crippen MR) is 63.2 cm³/mol. The molecular formula is C12H20N2O3. The lowest BCUT2D eigenvalue weighted by atomic mass is 10.1. The maximum absolute atomic E-state index is 12.2. The summed E-state index contributed by atoms with van der Waals surface area (Å²) in [5.74, 6) is -0.00237. The minimum Gasteiger partial charge on any atom is -0.394 e. The van der Waals surface area contributed by atoms with E-state index >= 15 is 0 Å². The van der Waals surface area contributed by atoms with Gasteiger partial charge < -0.3 is 20.5 Å². The quantitative estimate of drug-likeness (QED) is 0.638. The highest BCUT2D eigenvalue weighted by Gasteiger charge is 2.32. The average molecular weight is 240 g/mol. The Hall–Kier alpha value is -0.910. The van der Waals surface area contributed by atoms with E-state index in [1.54, 1.807) is 4.90 Å². The van der Waals surface area contributed by atoms with Crippen LogP contribution in [0.15, 0.2) is 12.2 Å². The smallest absolute Gasteiger partial charge is 0.229 e. The van der Waals surface area contributed by atoms with E-state index in [0.717, 1.165) is 0 Å². The van der Waals surface area contributed by atoms with E-state index < -0.39 is 0 Å². The molecule has 1 aliphatic heterocycles. The largest absolute Gasteiger partial charge is 0.394 e. The third kappa shape index (κ3) is 2.86. The molecule has 1 heterocycles. The first-order chi connectivity index (χ1) is 8.10. The second kappa shape index (κ2) is 5.16. The first-order valence-electron chi connectivity index (χ1n) is 6.09. The molecular weight excluding hydrogens is 220 g/mol. The summed E-state index contributed by atoms with van der Waals surface area (Å²) in [6.45, 7) is 2.93. The number of aliphatic hydroxyl groups excluding tert-OH is 1. The number of aliphatic hydroxyl groups is 1. The molecule has 1 amide bonds. The van der Waals surface area contributed by atoms with Gasteiger partial charge in [-0.2, -0.15) is 0 Å². The molecule has 1 fully saturated rings. The number of nitrogens with zero attached hydrogens (tertiary/aromatic N) is 1. The summed E-state index contributed by atoms with van der Waals surface area (Å²) in [5, 5.41) is 9.12. The van der Waals surface area contributed by atoms with Crippen molar-refractivity contribution >= 4 is 5.91 Å². The number of ether oxygens (including phenoxy) is 1. The van der Waals surface area contributed by atoms with E-state index in [-0.39, 0.29) is 36.7 Å². The SMILES string of the molecule is CC1CN(C(=O)C2C=CC(N)C2)CC(CO)O1. The standard InChI is InChI=1S/C12H20N2O3/c1-8-5-14(6-11(7-15)17-8)12(16)9-2-3-10(13)4-9/h2-3,8-11,15H,4-7,13H2,1H3. The molecule has 2 rings (SSSR count). The highest BCUT2D eigenvalue weighted by atomic mass is 16.5. The number of carbonyl (C=O) groups is 1. The van der Waals surface area contributed by atoms with Crippen LogP contribution < -0.4 is 5.73 Å². The van der Waals surface area contributed by atoms with Crippen molar-refractivity contribution in [1.82, 2.24) is 4.90 Å². The van der Waals surface area contributed by atoms with E-state index in [1.807, 2.05) is 19.1 Å². The molecule has 0 aromatic heterocycles. The topological polar surface area (TPSA) is 75.8 Å². The lowest BCUT2D eigenvalue weighted by Gasteiger charge is -2.37. The van der Waals surface area contributed by atoms with Crippen LogP contribution in [-0.4, -0.2) is 53.9 Å². The van der Waals surface area contributed by atoms with Gasteiger partial charge in [-0.15, -0.1) is 0 Å². The van der Waals surface area contributed by atoms with Gasteiger partial charge in [-0.3, -0.25) is 4.79 Å². The lowest BCUT2D eigenvalue weighted by Crippen LogP contribution is -2.51. The van der Waals surface area contributed by atoms with Crippen LogP contribution in [-0.2, 0) is 9.53 Å². The summed E-state index contributed by atoms with van der Waals surface area (Å²) in [6, 6.07) is -0.00365. The zero-order valence-corrected chi connectivity index (χ0v) is 10.1. The molecule has 5 nitrogen and oxygen atoms in total. The number of carbonyl (C=O) groups excluding carboxylic acids is 1. The number of amides is 1. The van der Waals surface area contributed by atoms with Crippen molar-refractivity contribution in [2.45, 2.75) is 31.6 Å². The highest BCUT2D eigenvalue weighted by Crippen LogP contribution is 2.21. The summed E-state index contributed by atoms with van der Waals surface area (Å²) in [6.07, 6.45) is 4.18. The Labute approximate surface area is 101 Å². The van der Waals surface area contributed by atoms with E-state index in [1.165, 1.54) is 0 Å². The Morgan fingerprint density at radius 3 is 2.88 bits per heavy atom. The average Bonchev–Trinajstić information content (AvgIpc) is 2.74. The minimum absolute atomic E-state index is 0.00365. The van der Waals surface area contributed by atoms with Gasteiger partial charge in [-0.1, -0.05) is 12.2 Å². The molecule has 17 heavy (non-hydrogen) atoms. The molecule has 1 aliphatic carbocycles. The van der Waals surface area contributed by atoms with Crippen molar-refractivity contribution in [3.8, 4) is 0 Å². The van der Waals surface area contributed by atoms with Crippen molar-refractivity contribution in [3.63, 3.8) is 0 Å². The van der Waals surface area contributed by atoms with Gasteiger partial charge in [0.25, 0.3) is 0 Å². The second-order valence-corrected chi connectivity index (χ2v) is 4.89. The molecule has 1 saturated heterocycles. The van der Waals surface area contributed by atoms with Gasteiger partial charge in [0.15, 0.2) is 0 Å². The molecule has 5 heteroatoms. The van der Waals surface area contributed by atoms with Crippen LogP contribution in [0.5, 0.6) is 0 Å². The molecule has 4 atom stereocenters. The van der Waals surface area contributed by atoms with Gasteiger partial charge in [0, 0.05) is 19.1 Å². The summed E-state index contributed by atoms with van der Waals surface area (Å²) < 4.78 is 5.51. The van der Waals surface area contributed by atoms with Crippen LogP contribution in [0.3, 0.4) is 0 Å². The van der Waals surface area contributed by atoms with Crippen LogP contribution in [0.4, 0.5) is 0 Å². The molecule has 0 saturated carbocycles. The fourth-order valence-electron chi connectivity index (χ4n) is 2.47. The molecule has 2 aliphatic rings. The maximum atomic E-state index is 12.2. The van der Waals surface area contributed by atoms with Crippen molar-refractivity contribution in [2.75, 3.05) is 19.7 Å². The van der Waals surface area contributed by atoms with Crippen LogP contribution in [0.2, 0.25) is 0 Å². The predicted octanol–water partition coefficient (Wildman–Crippen LogP) is -0.502. The van der Waals surface area contributed by atoms with Gasteiger partial charge in [0.2, 0.25) is 5.91 Å². The molecule has 3 N–H and O–H groups in total. The van der Waals surface area contributed by atoms with Crippen molar-refractivity contribution in [1.29, 1.82) is 0 Å². The number of hydrogen-bond acceptors (Lipinski definition) is 4. The van der Waals surface area contributed by atoms with Gasteiger partial charge >= 0.3 is 0 Å². The molecule has 4 unspecified atom stereocenters. The van der Waals surface area contributed by atoms with E-state index in [4.69, 9.17) is 15.6 Å². The van der Waals surface area contributed by atoms with E-state index in [2.05, 4.69) is 0 Å². The third-order valence-electron chi connectivity index (χ3n) is 3.28. The van der Waals surface area contributed by atoms with E-state index in [9.17, 15) is 4.79 Å². The Balaban J connectivity index is 1.97. The van der Waals surface area contributed by atoms with Crippen molar-refractivity contribution in [2.24, 2.45) is 11.7 Å². The third-order valence-corrected chi connectivity index (χ3v) is 3.28. The summed E-state index contributed by atoms with van der Waals surface area (Å²) in [7, 11) is 0. The fourth-order valence-corrected chi connectivity index (χ4v) is 2.47. The zero-order chi connectivity index (χ0) is 12.4. The van der Waals surface area contributed by atoms with Gasteiger partial charge in [0.05, 0.1) is 24.7 Å². The normalized spacial score (nSPS) is 37.5. The Kier molecular flexibility index (Phi) is 3.81. The number of morpholine rings is 1. The van der Waals surface area contributed by atoms with Crippen LogP contribution >= 0.6 is 0 Å². The molecule has 0 radical (unpaired) electrons. The summed E-state index contributed by atoms with van der Waals surface area (Å²) in [4.78, 5) is 14.0. The summed E-state index contributed by atoms with van der Waals surface area (Å²) >= 11 is 0. The zero-order valence-electron chi connectivity index (χ0n) is 10.1. The lowest BCUT2D eigenvalue weighted by molar-refractivity contribution is -0.149. The summed E-state index contributed by atoms with van der Waals surface area (Å²) in [5.41, 5.74) is 5.75. The molecule has 0 aromatic rings. The maximum Gasteiger partial charge on any atom is 0.229 e. The molecule has 96 valence electrons. The Morgan fingerprint density at radius 1 is 1.53 bits per heavy atom. The van der Waals surface area contributed by atoms with Crippen LogP contribution in [0.1, 0.15) is 13.3 Å². The first-order valence-corrected chi connectivity index (χ1v) is 6.09. The monoisotopic (exact) mass is 240 g/mol. The number of rotatable bonds is 2. The van der Waals surface area contributed by atoms with Crippen molar-refractivity contribution < 1.29 is 14.6 Å². The Bertz CT molecular complexity index is 319. The molecule has 0 spiro atoms. The van der Waals surface area contributed by atoms with E-state index in [0.29, 0.717) is 19.5 Å². The minimum atomic E-state index is -0.262. The fraction of sp³-hybridized carbons (Fsp3) is 0.750. The number of hydrogen-bond donors (Lipinski definition) is 2. The van der Waals surface area contributed by atoms with Gasteiger partial charge in [-0.05, 0) is 13.3 Å². The molecule has 0 bridgehead atoms. The van der Waals surface area contributed by atoms with Gasteiger partial charge in [-0.25, -0.2) is 0 Å². The van der Waals surface area contributed by atoms with Gasteiger partial charge in [0.1, 0.15) is 0 Å². The number of nitrogens with two attached hydrogens (primary N) is 1. The first kappa shape index (κ1) is 12.5. The Morgan fingerprint density at radius 2 is 2.29 bits per heavy atom.